The Hall–Kier alpha value is -2.90. The van der Waals surface area contributed by atoms with Crippen molar-refractivity contribution in [3.05, 3.63) is 30.1 Å². The van der Waals surface area contributed by atoms with Gasteiger partial charge < -0.3 is 10.3 Å². The Balaban J connectivity index is 1.54. The molecule has 124 valence electrons. The molecule has 4 rings (SSSR count). The molecule has 1 saturated carbocycles. The molecule has 24 heavy (non-hydrogen) atoms. The Kier molecular flexibility index (Phi) is 3.26. The summed E-state index contributed by atoms with van der Waals surface area (Å²) >= 11 is 0. The number of H-pyrrole nitrogens is 1. The zero-order chi connectivity index (χ0) is 16.7. The van der Waals surface area contributed by atoms with Crippen molar-refractivity contribution in [1.82, 2.24) is 25.7 Å². The summed E-state index contributed by atoms with van der Waals surface area (Å²) in [5.74, 6) is -0.883. The van der Waals surface area contributed by atoms with E-state index in [4.69, 9.17) is 0 Å². The summed E-state index contributed by atoms with van der Waals surface area (Å²) in [5.41, 5.74) is 3.37. The Bertz CT molecular complexity index is 837. The second kappa shape index (κ2) is 5.33. The molecule has 0 bridgehead atoms. The van der Waals surface area contributed by atoms with Gasteiger partial charge in [-0.1, -0.05) is 19.3 Å². The first-order valence-electron chi connectivity index (χ1n) is 8.00. The Labute approximate surface area is 137 Å². The van der Waals surface area contributed by atoms with E-state index in [1.807, 2.05) is 0 Å². The fourth-order valence-corrected chi connectivity index (χ4v) is 3.46. The summed E-state index contributed by atoms with van der Waals surface area (Å²) in [6.07, 6.45) is 5.61. The number of amides is 4. The van der Waals surface area contributed by atoms with E-state index in [-0.39, 0.29) is 5.91 Å². The van der Waals surface area contributed by atoms with Crippen molar-refractivity contribution in [1.29, 1.82) is 0 Å². The molecule has 1 aromatic carbocycles. The van der Waals surface area contributed by atoms with Gasteiger partial charge in [0.1, 0.15) is 5.54 Å². The van der Waals surface area contributed by atoms with E-state index in [2.05, 4.69) is 20.7 Å². The van der Waals surface area contributed by atoms with Gasteiger partial charge in [-0.25, -0.2) is 9.78 Å². The van der Waals surface area contributed by atoms with Crippen molar-refractivity contribution in [2.45, 2.75) is 37.6 Å². The maximum Gasteiger partial charge on any atom is 0.344 e. The maximum absolute atomic E-state index is 12.6. The van der Waals surface area contributed by atoms with E-state index < -0.39 is 17.5 Å². The number of benzene rings is 1. The molecule has 4 amide bonds. The van der Waals surface area contributed by atoms with E-state index in [1.54, 1.807) is 18.2 Å². The third-order valence-corrected chi connectivity index (χ3v) is 4.76. The number of carbonyl (C=O) groups is 3. The predicted molar refractivity (Wildman–Crippen MR) is 84.8 cm³/mol. The van der Waals surface area contributed by atoms with Crippen LogP contribution in [0.4, 0.5) is 4.79 Å². The number of aromatic amines is 1. The predicted octanol–water partition coefficient (Wildman–Crippen LogP) is 1.46. The average molecular weight is 327 g/mol. The number of rotatable bonds is 2. The zero-order valence-corrected chi connectivity index (χ0v) is 13.0. The van der Waals surface area contributed by atoms with Gasteiger partial charge in [-0.05, 0) is 31.0 Å². The van der Waals surface area contributed by atoms with Crippen LogP contribution in [0, 0.1) is 0 Å². The lowest BCUT2D eigenvalue weighted by atomic mass is 9.82. The molecule has 8 nitrogen and oxygen atoms in total. The first kappa shape index (κ1) is 14.7. The number of hydrazine groups is 1. The van der Waals surface area contributed by atoms with Gasteiger partial charge in [0.25, 0.3) is 11.8 Å². The van der Waals surface area contributed by atoms with Crippen LogP contribution >= 0.6 is 0 Å². The van der Waals surface area contributed by atoms with Crippen LogP contribution in [0.3, 0.4) is 0 Å². The first-order chi connectivity index (χ1) is 11.6. The van der Waals surface area contributed by atoms with Crippen LogP contribution in [-0.2, 0) is 4.79 Å². The number of urea groups is 1. The van der Waals surface area contributed by atoms with Crippen LogP contribution in [0.2, 0.25) is 0 Å². The third kappa shape index (κ3) is 2.22. The second-order valence-electron chi connectivity index (χ2n) is 6.29. The molecule has 1 aliphatic heterocycles. The smallest absolute Gasteiger partial charge is 0.344 e. The molecular formula is C16H17N5O3. The standard InChI is InChI=1S/C16H17N5O3/c22-13(10-4-5-11-12(8-10)18-9-17-11)20-21-14(23)16(19-15(21)24)6-2-1-3-7-16/h4-5,8-9H,1-3,6-7H2,(H,17,18)(H,19,24)(H,20,22). The largest absolute Gasteiger partial charge is 0.345 e. The summed E-state index contributed by atoms with van der Waals surface area (Å²) in [7, 11) is 0. The number of nitrogens with one attached hydrogen (secondary N) is 3. The van der Waals surface area contributed by atoms with Crippen LogP contribution in [0.1, 0.15) is 42.5 Å². The molecule has 2 aromatic rings. The molecular weight excluding hydrogens is 310 g/mol. The fourth-order valence-electron chi connectivity index (χ4n) is 3.46. The summed E-state index contributed by atoms with van der Waals surface area (Å²) < 4.78 is 0. The Morgan fingerprint density at radius 1 is 1.21 bits per heavy atom. The van der Waals surface area contributed by atoms with Crippen LogP contribution in [0.25, 0.3) is 11.0 Å². The summed E-state index contributed by atoms with van der Waals surface area (Å²) in [6.45, 7) is 0. The van der Waals surface area contributed by atoms with E-state index in [1.165, 1.54) is 6.33 Å². The van der Waals surface area contributed by atoms with Crippen LogP contribution in [0.15, 0.2) is 24.5 Å². The molecule has 1 saturated heterocycles. The van der Waals surface area contributed by atoms with Crippen LogP contribution < -0.4 is 10.7 Å². The van der Waals surface area contributed by atoms with Gasteiger partial charge in [-0.3, -0.25) is 15.0 Å². The zero-order valence-electron chi connectivity index (χ0n) is 13.0. The molecule has 0 unspecified atom stereocenters. The molecule has 3 N–H and O–H groups in total. The van der Waals surface area contributed by atoms with Gasteiger partial charge in [0, 0.05) is 5.56 Å². The second-order valence-corrected chi connectivity index (χ2v) is 6.29. The van der Waals surface area contributed by atoms with Gasteiger partial charge >= 0.3 is 6.03 Å². The third-order valence-electron chi connectivity index (χ3n) is 4.76. The molecule has 1 aromatic heterocycles. The molecule has 0 atom stereocenters. The number of nitrogens with zero attached hydrogens (tertiary/aromatic N) is 2. The van der Waals surface area contributed by atoms with Crippen LogP contribution in [0.5, 0.6) is 0 Å². The molecule has 2 aliphatic rings. The number of hydrogen-bond donors (Lipinski definition) is 3. The van der Waals surface area contributed by atoms with Gasteiger partial charge in [-0.2, -0.15) is 5.01 Å². The van der Waals surface area contributed by atoms with Gasteiger partial charge in [0.2, 0.25) is 0 Å². The van der Waals surface area contributed by atoms with E-state index in [0.29, 0.717) is 23.9 Å². The number of fused-ring (bicyclic) bond motifs is 1. The minimum absolute atomic E-state index is 0.344. The minimum Gasteiger partial charge on any atom is -0.345 e. The van der Waals surface area contributed by atoms with Crippen molar-refractivity contribution >= 4 is 28.9 Å². The normalized spacial score (nSPS) is 19.8. The summed E-state index contributed by atoms with van der Waals surface area (Å²) in [5, 5.41) is 3.57. The van der Waals surface area contributed by atoms with E-state index >= 15 is 0 Å². The average Bonchev–Trinajstić information content (AvgIpc) is 3.14. The number of hydrogen-bond acceptors (Lipinski definition) is 4. The summed E-state index contributed by atoms with van der Waals surface area (Å²) in [6, 6.07) is 4.37. The van der Waals surface area contributed by atoms with Gasteiger partial charge in [0.05, 0.1) is 17.4 Å². The quantitative estimate of drug-likeness (QED) is 0.726. The molecule has 1 aliphatic carbocycles. The monoisotopic (exact) mass is 327 g/mol. The number of imidazole rings is 1. The fraction of sp³-hybridized carbons (Fsp3) is 0.375. The highest BCUT2D eigenvalue weighted by Crippen LogP contribution is 2.33. The van der Waals surface area contributed by atoms with Crippen molar-refractivity contribution in [3.8, 4) is 0 Å². The topological polar surface area (TPSA) is 107 Å². The van der Waals surface area contributed by atoms with E-state index in [9.17, 15) is 14.4 Å². The lowest BCUT2D eigenvalue weighted by molar-refractivity contribution is -0.134. The molecule has 2 heterocycles. The Morgan fingerprint density at radius 3 is 2.79 bits per heavy atom. The Morgan fingerprint density at radius 2 is 2.00 bits per heavy atom. The number of imide groups is 1. The van der Waals surface area contributed by atoms with Gasteiger partial charge in [0.15, 0.2) is 0 Å². The number of aromatic nitrogens is 2. The maximum atomic E-state index is 12.6. The number of carbonyl (C=O) groups excluding carboxylic acids is 3. The highest BCUT2D eigenvalue weighted by atomic mass is 16.2. The molecule has 0 radical (unpaired) electrons. The molecule has 1 spiro atoms. The SMILES string of the molecule is O=C(NN1C(=O)NC2(CCCCC2)C1=O)c1ccc2nc[nH]c2c1. The van der Waals surface area contributed by atoms with Gasteiger partial charge in [-0.15, -0.1) is 0 Å². The molecule has 2 fully saturated rings. The van der Waals surface area contributed by atoms with E-state index in [0.717, 1.165) is 29.8 Å². The van der Waals surface area contributed by atoms with Crippen molar-refractivity contribution in [2.24, 2.45) is 0 Å². The highest BCUT2D eigenvalue weighted by molar-refractivity contribution is 6.09. The van der Waals surface area contributed by atoms with Crippen molar-refractivity contribution < 1.29 is 14.4 Å². The van der Waals surface area contributed by atoms with Crippen LogP contribution in [-0.4, -0.2) is 38.4 Å². The lowest BCUT2D eigenvalue weighted by Crippen LogP contribution is -2.50. The summed E-state index contributed by atoms with van der Waals surface area (Å²) in [4.78, 5) is 44.2. The highest BCUT2D eigenvalue weighted by Gasteiger charge is 2.52. The first-order valence-corrected chi connectivity index (χ1v) is 8.00. The lowest BCUT2D eigenvalue weighted by Gasteiger charge is -2.30. The minimum atomic E-state index is -0.851. The molecule has 8 heteroatoms. The van der Waals surface area contributed by atoms with Crippen molar-refractivity contribution in [3.63, 3.8) is 0 Å². The van der Waals surface area contributed by atoms with Crippen molar-refractivity contribution in [2.75, 3.05) is 0 Å².